The zero-order valence-corrected chi connectivity index (χ0v) is 13.8. The van der Waals surface area contributed by atoms with Crippen LogP contribution in [0.15, 0.2) is 29.8 Å². The second kappa shape index (κ2) is 7.06. The topological polar surface area (TPSA) is 78.4 Å². The van der Waals surface area contributed by atoms with Crippen LogP contribution in [-0.4, -0.2) is 45.2 Å². The van der Waals surface area contributed by atoms with E-state index in [1.165, 1.54) is 16.9 Å². The van der Waals surface area contributed by atoms with Crippen LogP contribution in [-0.2, 0) is 4.79 Å². The Morgan fingerprint density at radius 3 is 2.87 bits per heavy atom. The lowest BCUT2D eigenvalue weighted by Gasteiger charge is -2.35. The number of carbonyl (C=O) groups excluding carboxylic acids is 1. The van der Waals surface area contributed by atoms with E-state index < -0.39 is 0 Å². The van der Waals surface area contributed by atoms with Crippen LogP contribution in [0.3, 0.4) is 0 Å². The van der Waals surface area contributed by atoms with Gasteiger partial charge in [0.1, 0.15) is 11.3 Å². The van der Waals surface area contributed by atoms with Crippen molar-refractivity contribution in [2.24, 2.45) is 0 Å². The third-order valence-corrected chi connectivity index (χ3v) is 5.00. The predicted octanol–water partition coefficient (Wildman–Crippen LogP) is 2.45. The summed E-state index contributed by atoms with van der Waals surface area (Å²) in [7, 11) is 0. The molecule has 122 valence electrons. The molecule has 1 amide bonds. The van der Waals surface area contributed by atoms with Crippen molar-refractivity contribution < 1.29 is 9.90 Å². The van der Waals surface area contributed by atoms with Gasteiger partial charge in [-0.1, -0.05) is 23.5 Å². The van der Waals surface area contributed by atoms with Gasteiger partial charge in [-0.2, -0.15) is 0 Å². The highest BCUT2D eigenvalue weighted by molar-refractivity contribution is 7.13. The molecule has 1 fully saturated rings. The maximum atomic E-state index is 12.3. The summed E-state index contributed by atoms with van der Waals surface area (Å²) < 4.78 is 0. The number of aromatic nitrogens is 2. The van der Waals surface area contributed by atoms with E-state index in [-0.39, 0.29) is 11.9 Å². The van der Waals surface area contributed by atoms with Gasteiger partial charge in [0.15, 0.2) is 0 Å². The number of amides is 1. The van der Waals surface area contributed by atoms with E-state index in [0.717, 1.165) is 25.9 Å². The monoisotopic (exact) mass is 332 g/mol. The van der Waals surface area contributed by atoms with Gasteiger partial charge >= 0.3 is 0 Å². The van der Waals surface area contributed by atoms with Crippen LogP contribution in [0.25, 0.3) is 0 Å². The summed E-state index contributed by atoms with van der Waals surface area (Å²) in [6, 6.07) is 7.29. The second-order valence-electron chi connectivity index (χ2n) is 5.81. The Morgan fingerprint density at radius 2 is 2.22 bits per heavy atom. The van der Waals surface area contributed by atoms with E-state index in [9.17, 15) is 9.90 Å². The van der Waals surface area contributed by atoms with Crippen LogP contribution in [0.1, 0.15) is 31.2 Å². The number of hydrogen-bond donors (Lipinski definition) is 2. The zero-order valence-electron chi connectivity index (χ0n) is 13.0. The summed E-state index contributed by atoms with van der Waals surface area (Å²) in [5, 5.41) is 20.5. The van der Waals surface area contributed by atoms with Gasteiger partial charge < -0.3 is 5.11 Å². The average Bonchev–Trinajstić information content (AvgIpc) is 3.07. The molecule has 0 saturated carbocycles. The van der Waals surface area contributed by atoms with Gasteiger partial charge in [-0.25, -0.2) is 0 Å². The summed E-state index contributed by atoms with van der Waals surface area (Å²) >= 11 is 1.32. The van der Waals surface area contributed by atoms with Gasteiger partial charge in [0.25, 0.3) is 0 Å². The summed E-state index contributed by atoms with van der Waals surface area (Å²) in [6.07, 6.45) is 1.97. The number of likely N-dealkylation sites (tertiary alicyclic amines) is 1. The van der Waals surface area contributed by atoms with Gasteiger partial charge in [0.2, 0.25) is 11.0 Å². The summed E-state index contributed by atoms with van der Waals surface area (Å²) in [4.78, 5) is 14.4. The van der Waals surface area contributed by atoms with Gasteiger partial charge in [0.05, 0.1) is 6.04 Å². The molecule has 2 heterocycles. The number of nitrogens with one attached hydrogen (secondary N) is 1. The number of phenolic OH excluding ortho intramolecular Hbond substituents is 1. The van der Waals surface area contributed by atoms with Crippen LogP contribution in [0.2, 0.25) is 0 Å². The molecule has 23 heavy (non-hydrogen) atoms. The normalized spacial score (nSPS) is 17.8. The standard InChI is InChI=1S/C16H20N4O2S/c1-11(15(22)18-16-19-17-10-23-16)20-7-5-12(6-8-20)13-3-2-4-14(21)9-13/h2-4,9-12,21H,5-8H2,1H3,(H,18,19,22)/t11-/m1/s1. The number of phenols is 1. The van der Waals surface area contributed by atoms with Gasteiger partial charge in [-0.05, 0) is 56.5 Å². The molecule has 1 aliphatic rings. The molecule has 0 unspecified atom stereocenters. The number of benzene rings is 1. The fourth-order valence-electron chi connectivity index (χ4n) is 3.00. The molecule has 1 aliphatic heterocycles. The van der Waals surface area contributed by atoms with Crippen LogP contribution < -0.4 is 5.32 Å². The van der Waals surface area contributed by atoms with Gasteiger partial charge in [0, 0.05) is 0 Å². The molecule has 1 atom stereocenters. The number of hydrogen-bond acceptors (Lipinski definition) is 6. The van der Waals surface area contributed by atoms with E-state index >= 15 is 0 Å². The first kappa shape index (κ1) is 15.9. The molecule has 1 aromatic carbocycles. The summed E-state index contributed by atoms with van der Waals surface area (Å²) in [6.45, 7) is 3.65. The van der Waals surface area contributed by atoms with Crippen molar-refractivity contribution in [3.8, 4) is 5.75 Å². The molecule has 0 aliphatic carbocycles. The highest BCUT2D eigenvalue weighted by Gasteiger charge is 2.27. The molecule has 3 rings (SSSR count). The Morgan fingerprint density at radius 1 is 1.43 bits per heavy atom. The highest BCUT2D eigenvalue weighted by Crippen LogP contribution is 2.30. The van der Waals surface area contributed by atoms with E-state index in [4.69, 9.17) is 0 Å². The third-order valence-electron chi connectivity index (χ3n) is 4.39. The van der Waals surface area contributed by atoms with Crippen LogP contribution in [0.5, 0.6) is 5.75 Å². The quantitative estimate of drug-likeness (QED) is 0.899. The van der Waals surface area contributed by atoms with E-state index in [2.05, 4.69) is 26.5 Å². The van der Waals surface area contributed by atoms with Crippen LogP contribution >= 0.6 is 11.3 Å². The first-order valence-corrected chi connectivity index (χ1v) is 8.61. The number of rotatable bonds is 4. The van der Waals surface area contributed by atoms with Crippen LogP contribution in [0, 0.1) is 0 Å². The van der Waals surface area contributed by atoms with Crippen molar-refractivity contribution in [3.05, 3.63) is 35.3 Å². The Bertz CT molecular complexity index is 654. The summed E-state index contributed by atoms with van der Waals surface area (Å²) in [5.41, 5.74) is 2.77. The Balaban J connectivity index is 1.54. The van der Waals surface area contributed by atoms with Crippen molar-refractivity contribution in [1.82, 2.24) is 15.1 Å². The molecule has 2 N–H and O–H groups in total. The molecule has 0 spiro atoms. The number of nitrogens with zero attached hydrogens (tertiary/aromatic N) is 3. The molecular weight excluding hydrogens is 312 g/mol. The van der Waals surface area contributed by atoms with Crippen molar-refractivity contribution in [1.29, 1.82) is 0 Å². The Kier molecular flexibility index (Phi) is 4.88. The third kappa shape index (κ3) is 3.86. The largest absolute Gasteiger partial charge is 0.508 e. The van der Waals surface area contributed by atoms with Crippen molar-refractivity contribution in [2.45, 2.75) is 31.7 Å². The maximum Gasteiger partial charge on any atom is 0.243 e. The molecule has 0 bridgehead atoms. The Labute approximate surface area is 139 Å². The number of aromatic hydroxyl groups is 1. The smallest absolute Gasteiger partial charge is 0.243 e. The predicted molar refractivity (Wildman–Crippen MR) is 89.7 cm³/mol. The lowest BCUT2D eigenvalue weighted by Crippen LogP contribution is -2.45. The van der Waals surface area contributed by atoms with E-state index in [0.29, 0.717) is 16.8 Å². The van der Waals surface area contributed by atoms with Crippen molar-refractivity contribution >= 4 is 22.4 Å². The average molecular weight is 332 g/mol. The van der Waals surface area contributed by atoms with Crippen LogP contribution in [0.4, 0.5) is 5.13 Å². The molecule has 1 saturated heterocycles. The van der Waals surface area contributed by atoms with Gasteiger partial charge in [-0.3, -0.25) is 15.0 Å². The lowest BCUT2D eigenvalue weighted by molar-refractivity contribution is -0.121. The number of piperidine rings is 1. The molecule has 2 aromatic rings. The summed E-state index contributed by atoms with van der Waals surface area (Å²) in [5.74, 6) is 0.712. The SMILES string of the molecule is C[C@H](C(=O)Nc1nncs1)N1CCC(c2cccc(O)c2)CC1. The Hall–Kier alpha value is -1.99. The molecule has 7 heteroatoms. The zero-order chi connectivity index (χ0) is 16.2. The van der Waals surface area contributed by atoms with Gasteiger partial charge in [-0.15, -0.1) is 10.2 Å². The van der Waals surface area contributed by atoms with Crippen molar-refractivity contribution in [3.63, 3.8) is 0 Å². The number of carbonyl (C=O) groups is 1. The fourth-order valence-corrected chi connectivity index (χ4v) is 3.45. The van der Waals surface area contributed by atoms with E-state index in [1.54, 1.807) is 11.6 Å². The highest BCUT2D eigenvalue weighted by atomic mass is 32.1. The minimum Gasteiger partial charge on any atom is -0.508 e. The number of anilines is 1. The van der Waals surface area contributed by atoms with E-state index in [1.807, 2.05) is 19.1 Å². The second-order valence-corrected chi connectivity index (χ2v) is 6.65. The fraction of sp³-hybridized carbons (Fsp3) is 0.438. The minimum atomic E-state index is -0.191. The molecular formula is C16H20N4O2S. The maximum absolute atomic E-state index is 12.3. The lowest BCUT2D eigenvalue weighted by atomic mass is 9.89. The molecule has 0 radical (unpaired) electrons. The van der Waals surface area contributed by atoms with Crippen molar-refractivity contribution in [2.75, 3.05) is 18.4 Å². The molecule has 6 nitrogen and oxygen atoms in total. The minimum absolute atomic E-state index is 0.0439. The first-order chi connectivity index (χ1) is 11.1. The first-order valence-electron chi connectivity index (χ1n) is 7.73. The molecule has 1 aromatic heterocycles.